The van der Waals surface area contributed by atoms with Crippen molar-refractivity contribution in [3.05, 3.63) is 0 Å². The molecular weight excluding hydrogens is 800 g/mol. The second-order valence-electron chi connectivity index (χ2n) is 14.6. The highest BCUT2D eigenvalue weighted by Gasteiger charge is 2.20. The van der Waals surface area contributed by atoms with Gasteiger partial charge in [-0.2, -0.15) is 0 Å². The molecule has 0 saturated carbocycles. The molecule has 19 nitrogen and oxygen atoms in total. The lowest BCUT2D eigenvalue weighted by molar-refractivity contribution is -0.142. The van der Waals surface area contributed by atoms with Crippen LogP contribution in [0.25, 0.3) is 0 Å². The van der Waals surface area contributed by atoms with E-state index in [4.69, 9.17) is 33.5 Å². The smallest absolute Gasteiger partial charge is 0.326 e. The number of hydrogen-bond acceptors (Lipinski definition) is 13. The average molecular weight is 877 g/mol. The van der Waals surface area contributed by atoms with E-state index in [9.17, 15) is 38.7 Å². The van der Waals surface area contributed by atoms with Gasteiger partial charge < -0.3 is 59.9 Å². The van der Waals surface area contributed by atoms with Gasteiger partial charge >= 0.3 is 11.9 Å². The number of hydrogen-bond donors (Lipinski definition) is 6. The van der Waals surface area contributed by atoms with Crippen molar-refractivity contribution in [1.82, 2.24) is 21.3 Å². The van der Waals surface area contributed by atoms with Gasteiger partial charge in [-0.05, 0) is 26.2 Å². The van der Waals surface area contributed by atoms with Crippen LogP contribution in [0.5, 0.6) is 0 Å². The maximum Gasteiger partial charge on any atom is 0.326 e. The second kappa shape index (κ2) is 42.9. The molecule has 6 N–H and O–H groups in total. The first-order valence-electron chi connectivity index (χ1n) is 22.0. The van der Waals surface area contributed by atoms with Crippen molar-refractivity contribution >= 4 is 41.4 Å². The molecule has 1 unspecified atom stereocenters. The zero-order chi connectivity index (χ0) is 45.0. The highest BCUT2D eigenvalue weighted by atomic mass is 16.5. The van der Waals surface area contributed by atoms with Gasteiger partial charge in [0.15, 0.2) is 5.78 Å². The Hall–Kier alpha value is -3.75. The van der Waals surface area contributed by atoms with E-state index >= 15 is 0 Å². The van der Waals surface area contributed by atoms with E-state index in [-0.39, 0.29) is 128 Å². The second-order valence-corrected chi connectivity index (χ2v) is 14.6. The van der Waals surface area contributed by atoms with E-state index in [1.54, 1.807) is 0 Å². The molecule has 19 heteroatoms. The number of carboxylic acid groups (broad SMARTS) is 2. The number of carbonyl (C=O) groups is 7. The fraction of sp³-hybridized carbons (Fsp3) is 0.833. The van der Waals surface area contributed by atoms with Crippen molar-refractivity contribution in [3.8, 4) is 0 Å². The van der Waals surface area contributed by atoms with Gasteiger partial charge in [0, 0.05) is 38.9 Å². The van der Waals surface area contributed by atoms with Gasteiger partial charge in [0.25, 0.3) is 0 Å². The number of ether oxygens (including phenoxy) is 6. The molecule has 354 valence electrons. The van der Waals surface area contributed by atoms with E-state index in [0.717, 1.165) is 38.5 Å². The van der Waals surface area contributed by atoms with Crippen LogP contribution in [-0.4, -0.2) is 157 Å². The van der Waals surface area contributed by atoms with Crippen LogP contribution in [0.3, 0.4) is 0 Å². The summed E-state index contributed by atoms with van der Waals surface area (Å²) >= 11 is 0. The van der Waals surface area contributed by atoms with Crippen molar-refractivity contribution in [2.75, 3.05) is 98.9 Å². The first-order valence-corrected chi connectivity index (χ1v) is 22.0. The van der Waals surface area contributed by atoms with E-state index in [1.165, 1.54) is 51.9 Å². The third-order valence-electron chi connectivity index (χ3n) is 8.93. The third-order valence-corrected chi connectivity index (χ3v) is 8.93. The zero-order valence-electron chi connectivity index (χ0n) is 36.6. The Kier molecular flexibility index (Phi) is 40.3. The molecule has 0 rings (SSSR count). The van der Waals surface area contributed by atoms with Crippen molar-refractivity contribution in [2.24, 2.45) is 0 Å². The molecule has 0 saturated heterocycles. The minimum atomic E-state index is -1.19. The number of amides is 4. The molecule has 61 heavy (non-hydrogen) atoms. The predicted molar refractivity (Wildman–Crippen MR) is 225 cm³/mol. The summed E-state index contributed by atoms with van der Waals surface area (Å²) in [5.41, 5.74) is 0. The summed E-state index contributed by atoms with van der Waals surface area (Å²) in [6, 6.07) is -1.14. The first kappa shape index (κ1) is 57.2. The van der Waals surface area contributed by atoms with Crippen LogP contribution in [0.2, 0.25) is 0 Å². The Morgan fingerprint density at radius 1 is 0.410 bits per heavy atom. The quantitative estimate of drug-likeness (QED) is 0.0481. The lowest BCUT2D eigenvalue weighted by atomic mass is 10.0. The van der Waals surface area contributed by atoms with Crippen LogP contribution in [0.15, 0.2) is 0 Å². The molecule has 0 bridgehead atoms. The van der Waals surface area contributed by atoms with Crippen LogP contribution in [-0.2, 0) is 62.0 Å². The Morgan fingerprint density at radius 3 is 1.16 bits per heavy atom. The van der Waals surface area contributed by atoms with Gasteiger partial charge in [-0.15, -0.1) is 0 Å². The largest absolute Gasteiger partial charge is 0.481 e. The van der Waals surface area contributed by atoms with Crippen molar-refractivity contribution in [3.63, 3.8) is 0 Å². The number of carboxylic acids is 2. The normalized spacial score (nSPS) is 11.5. The zero-order valence-corrected chi connectivity index (χ0v) is 36.6. The van der Waals surface area contributed by atoms with Crippen molar-refractivity contribution in [1.29, 1.82) is 0 Å². The summed E-state index contributed by atoms with van der Waals surface area (Å²) < 4.78 is 31.6. The summed E-state index contributed by atoms with van der Waals surface area (Å²) in [4.78, 5) is 81.0. The maximum atomic E-state index is 12.3. The SMILES string of the molecule is CC(=O)COCCOCCNC(=O)COCCOCCNC(=O)COCCOCCNC(=O)CCC(NC(=O)CCCCCCCCCCCCCCCCC(=O)O)C(=O)O. The summed E-state index contributed by atoms with van der Waals surface area (Å²) in [7, 11) is 0. The number of rotatable bonds is 46. The third kappa shape index (κ3) is 44.1. The predicted octanol–water partition coefficient (Wildman–Crippen LogP) is 2.70. The monoisotopic (exact) mass is 877 g/mol. The molecule has 1 atom stereocenters. The topological polar surface area (TPSA) is 263 Å². The summed E-state index contributed by atoms with van der Waals surface area (Å²) in [5, 5.41) is 28.6. The molecule has 0 radical (unpaired) electrons. The minimum absolute atomic E-state index is 0.0290. The van der Waals surface area contributed by atoms with Crippen LogP contribution < -0.4 is 21.3 Å². The van der Waals surface area contributed by atoms with Crippen molar-refractivity contribution < 1.29 is 72.2 Å². The van der Waals surface area contributed by atoms with Gasteiger partial charge in [-0.3, -0.25) is 28.8 Å². The fourth-order valence-corrected chi connectivity index (χ4v) is 5.67. The fourth-order valence-electron chi connectivity index (χ4n) is 5.67. The Morgan fingerprint density at radius 2 is 0.770 bits per heavy atom. The lowest BCUT2D eigenvalue weighted by Gasteiger charge is -2.14. The van der Waals surface area contributed by atoms with Gasteiger partial charge in [0.1, 0.15) is 25.9 Å². The van der Waals surface area contributed by atoms with Gasteiger partial charge in [-0.25, -0.2) is 4.79 Å². The molecule has 4 amide bonds. The van der Waals surface area contributed by atoms with Crippen molar-refractivity contribution in [2.45, 2.75) is 129 Å². The molecule has 0 aliphatic rings. The molecule has 0 aromatic carbocycles. The summed E-state index contributed by atoms with van der Waals surface area (Å²) in [5.74, 6) is -3.26. The molecule has 0 spiro atoms. The molecule has 0 heterocycles. The highest BCUT2D eigenvalue weighted by molar-refractivity contribution is 5.84. The molecule has 0 fully saturated rings. The first-order chi connectivity index (χ1) is 29.5. The van der Waals surface area contributed by atoms with Crippen LogP contribution in [0.4, 0.5) is 0 Å². The lowest BCUT2D eigenvalue weighted by Crippen LogP contribution is -2.41. The standard InChI is InChI=1S/C42H76N4O15/c1-35(47)32-59-29-26-57-24-21-44-39(50)34-61-31-28-58-25-22-45-40(51)33-60-30-27-56-23-20-43-37(48)19-18-36(42(54)55)46-38(49)16-14-12-10-8-6-4-2-3-5-7-9-11-13-15-17-41(52)53/h36H,2-34H2,1H3,(H,43,48)(H,44,50)(H,45,51)(H,46,49)(H,52,53)(H,54,55). The van der Waals surface area contributed by atoms with Gasteiger partial charge in [-0.1, -0.05) is 77.0 Å². The summed E-state index contributed by atoms with van der Waals surface area (Å²) in [6.07, 6.45) is 15.5. The molecule has 0 aliphatic heterocycles. The number of carbonyl (C=O) groups excluding carboxylic acids is 5. The Bertz CT molecular complexity index is 1180. The number of ketones is 1. The van der Waals surface area contributed by atoms with Gasteiger partial charge in [0.2, 0.25) is 23.6 Å². The van der Waals surface area contributed by atoms with Crippen LogP contribution in [0, 0.1) is 0 Å². The van der Waals surface area contributed by atoms with Gasteiger partial charge in [0.05, 0.1) is 59.5 Å². The maximum absolute atomic E-state index is 12.3. The summed E-state index contributed by atoms with van der Waals surface area (Å²) in [6.45, 7) is 4.20. The molecule has 0 aliphatic carbocycles. The number of Topliss-reactive ketones (excluding diaryl/α,β-unsaturated/α-hetero) is 1. The minimum Gasteiger partial charge on any atom is -0.481 e. The van der Waals surface area contributed by atoms with E-state index in [0.29, 0.717) is 32.8 Å². The molecule has 0 aromatic heterocycles. The molecule has 0 aromatic rings. The van der Waals surface area contributed by atoms with Crippen LogP contribution >= 0.6 is 0 Å². The van der Waals surface area contributed by atoms with Crippen LogP contribution in [0.1, 0.15) is 122 Å². The van der Waals surface area contributed by atoms with E-state index in [2.05, 4.69) is 21.3 Å². The number of unbranched alkanes of at least 4 members (excludes halogenated alkanes) is 13. The number of aliphatic carboxylic acids is 2. The van der Waals surface area contributed by atoms with E-state index < -0.39 is 18.0 Å². The Labute approximate surface area is 361 Å². The Balaban J connectivity index is 3.62. The highest BCUT2D eigenvalue weighted by Crippen LogP contribution is 2.14. The van der Waals surface area contributed by atoms with E-state index in [1.807, 2.05) is 0 Å². The number of nitrogens with one attached hydrogen (secondary N) is 4. The molecular formula is C42H76N4O15. The average Bonchev–Trinajstić information content (AvgIpc) is 3.21.